The van der Waals surface area contributed by atoms with Crippen molar-refractivity contribution in [3.05, 3.63) is 52.5 Å². The van der Waals surface area contributed by atoms with Crippen LogP contribution in [-0.4, -0.2) is 59.9 Å². The number of methoxy groups -OCH3 is 1. The summed E-state index contributed by atoms with van der Waals surface area (Å²) in [6, 6.07) is 12.6. The third-order valence-corrected chi connectivity index (χ3v) is 8.52. The molecule has 1 saturated heterocycles. The number of hydrogen-bond donors (Lipinski definition) is 1. The Bertz CT molecular complexity index is 1320. The molecule has 0 bridgehead atoms. The molecular formula is C30H38N4O3S. The van der Waals surface area contributed by atoms with Gasteiger partial charge in [-0.25, -0.2) is 4.98 Å². The van der Waals surface area contributed by atoms with Crippen molar-refractivity contribution in [1.82, 2.24) is 14.8 Å². The number of hydrogen-bond acceptors (Lipinski definition) is 6. The second-order valence-electron chi connectivity index (χ2n) is 11.6. The molecule has 1 fully saturated rings. The smallest absolute Gasteiger partial charge is 0.231 e. The van der Waals surface area contributed by atoms with Gasteiger partial charge in [0.2, 0.25) is 11.8 Å². The highest BCUT2D eigenvalue weighted by molar-refractivity contribution is 7.15. The number of aromatic nitrogens is 1. The summed E-state index contributed by atoms with van der Waals surface area (Å²) in [6.45, 7) is 10.00. The molecule has 3 aromatic rings. The first-order valence-electron chi connectivity index (χ1n) is 13.6. The van der Waals surface area contributed by atoms with Crippen molar-refractivity contribution in [3.63, 3.8) is 0 Å². The third-order valence-electron chi connectivity index (χ3n) is 7.47. The van der Waals surface area contributed by atoms with Gasteiger partial charge in [0.1, 0.15) is 5.75 Å². The first-order chi connectivity index (χ1) is 18.2. The van der Waals surface area contributed by atoms with Crippen molar-refractivity contribution in [3.8, 4) is 5.75 Å². The quantitative estimate of drug-likeness (QED) is 0.456. The maximum absolute atomic E-state index is 13.6. The second-order valence-corrected chi connectivity index (χ2v) is 12.7. The second kappa shape index (κ2) is 11.0. The molecule has 1 aliphatic heterocycles. The van der Waals surface area contributed by atoms with Crippen LogP contribution >= 0.6 is 11.3 Å². The maximum Gasteiger partial charge on any atom is 0.231 e. The molecule has 0 saturated carbocycles. The molecule has 8 heteroatoms. The Morgan fingerprint density at radius 2 is 1.87 bits per heavy atom. The summed E-state index contributed by atoms with van der Waals surface area (Å²) < 4.78 is 5.69. The summed E-state index contributed by atoms with van der Waals surface area (Å²) in [4.78, 5) is 36.4. The number of carbonyl (C=O) groups is 2. The van der Waals surface area contributed by atoms with Crippen LogP contribution in [-0.2, 0) is 22.6 Å². The average molecular weight is 535 g/mol. The molecule has 1 aliphatic carbocycles. The number of aryl methyl sites for hydroxylation is 1. The zero-order valence-electron chi connectivity index (χ0n) is 22.9. The zero-order valence-corrected chi connectivity index (χ0v) is 23.7. The minimum Gasteiger partial charge on any atom is -0.496 e. The van der Waals surface area contributed by atoms with Crippen molar-refractivity contribution in [2.75, 3.05) is 38.6 Å². The largest absolute Gasteiger partial charge is 0.496 e. The molecule has 1 N–H and O–H groups in total. The van der Waals surface area contributed by atoms with Crippen LogP contribution in [0.25, 0.3) is 10.8 Å². The monoisotopic (exact) mass is 534 g/mol. The summed E-state index contributed by atoms with van der Waals surface area (Å²) in [5.41, 5.74) is 1.99. The van der Waals surface area contributed by atoms with Crippen molar-refractivity contribution < 1.29 is 14.3 Å². The van der Waals surface area contributed by atoms with Gasteiger partial charge in [-0.1, -0.05) is 51.1 Å². The molecule has 2 heterocycles. The summed E-state index contributed by atoms with van der Waals surface area (Å²) >= 11 is 1.53. The number of anilines is 1. The number of fused-ring (bicyclic) bond motifs is 2. The SMILES string of the molecule is COc1ccc2ccccc2c1CN1CCN(C(=O)C2CCCc3sc(NC(=O)CC(C)(C)C)nc32)CC1. The summed E-state index contributed by atoms with van der Waals surface area (Å²) in [5.74, 6) is 0.843. The Kier molecular flexibility index (Phi) is 7.73. The summed E-state index contributed by atoms with van der Waals surface area (Å²) in [7, 11) is 1.72. The Morgan fingerprint density at radius 1 is 1.11 bits per heavy atom. The fourth-order valence-electron chi connectivity index (χ4n) is 5.60. The first kappa shape index (κ1) is 26.6. The van der Waals surface area contributed by atoms with Crippen molar-refractivity contribution in [1.29, 1.82) is 0 Å². The molecule has 7 nitrogen and oxygen atoms in total. The Hall–Kier alpha value is -2.97. The number of nitrogens with zero attached hydrogens (tertiary/aromatic N) is 3. The highest BCUT2D eigenvalue weighted by Crippen LogP contribution is 2.38. The lowest BCUT2D eigenvalue weighted by Gasteiger charge is -2.37. The first-order valence-corrected chi connectivity index (χ1v) is 14.4. The van der Waals surface area contributed by atoms with E-state index < -0.39 is 0 Å². The van der Waals surface area contributed by atoms with Gasteiger partial charge in [0, 0.05) is 49.6 Å². The van der Waals surface area contributed by atoms with Crippen LogP contribution in [0.4, 0.5) is 5.13 Å². The number of rotatable bonds is 6. The van der Waals surface area contributed by atoms with Crippen LogP contribution in [0.1, 0.15) is 62.1 Å². The normalized spacial score (nSPS) is 18.3. The number of benzene rings is 2. The fraction of sp³-hybridized carbons (Fsp3) is 0.500. The standard InChI is InChI=1S/C30H38N4O3S/c1-30(2,3)18-26(35)31-29-32-27-22(10-7-11-25(27)38-29)28(36)34-16-14-33(15-17-34)19-23-21-9-6-5-8-20(21)12-13-24(23)37-4/h5-6,8-9,12-13,22H,7,10-11,14-19H2,1-4H3,(H,31,32,35). The number of nitrogens with one attached hydrogen (secondary N) is 1. The average Bonchev–Trinajstić information content (AvgIpc) is 3.30. The van der Waals surface area contributed by atoms with Crippen LogP contribution in [0.2, 0.25) is 0 Å². The van der Waals surface area contributed by atoms with E-state index in [4.69, 9.17) is 9.72 Å². The van der Waals surface area contributed by atoms with Crippen LogP contribution in [0, 0.1) is 5.41 Å². The summed E-state index contributed by atoms with van der Waals surface area (Å²) in [6.07, 6.45) is 3.15. The topological polar surface area (TPSA) is 74.8 Å². The molecule has 0 radical (unpaired) electrons. The number of amides is 2. The molecular weight excluding hydrogens is 496 g/mol. The molecule has 202 valence electrons. The van der Waals surface area contributed by atoms with E-state index in [-0.39, 0.29) is 23.1 Å². The third kappa shape index (κ3) is 5.86. The predicted molar refractivity (Wildman–Crippen MR) is 153 cm³/mol. The van der Waals surface area contributed by atoms with Gasteiger partial charge in [0.15, 0.2) is 5.13 Å². The minimum absolute atomic E-state index is 0.0228. The van der Waals surface area contributed by atoms with Gasteiger partial charge in [0.25, 0.3) is 0 Å². The summed E-state index contributed by atoms with van der Waals surface area (Å²) in [5, 5.41) is 6.02. The van der Waals surface area contributed by atoms with Gasteiger partial charge in [-0.05, 0) is 41.5 Å². The fourth-order valence-corrected chi connectivity index (χ4v) is 6.68. The molecule has 2 amide bonds. The van der Waals surface area contributed by atoms with Crippen LogP contribution < -0.4 is 10.1 Å². The van der Waals surface area contributed by atoms with Gasteiger partial charge in [0.05, 0.1) is 18.7 Å². The van der Waals surface area contributed by atoms with E-state index in [0.29, 0.717) is 24.6 Å². The molecule has 2 aromatic carbocycles. The van der Waals surface area contributed by atoms with E-state index in [1.54, 1.807) is 7.11 Å². The van der Waals surface area contributed by atoms with E-state index in [1.807, 2.05) is 31.7 Å². The van der Waals surface area contributed by atoms with Crippen LogP contribution in [0.3, 0.4) is 0 Å². The Morgan fingerprint density at radius 3 is 2.61 bits per heavy atom. The molecule has 2 aliphatic rings. The lowest BCUT2D eigenvalue weighted by Crippen LogP contribution is -2.49. The minimum atomic E-state index is -0.215. The Labute approximate surface area is 229 Å². The number of piperazine rings is 1. The maximum atomic E-state index is 13.6. The van der Waals surface area contributed by atoms with Gasteiger partial charge in [-0.3, -0.25) is 14.5 Å². The molecule has 1 unspecified atom stereocenters. The number of thiazole rings is 1. The van der Waals surface area contributed by atoms with Crippen molar-refractivity contribution in [2.45, 2.75) is 58.9 Å². The van der Waals surface area contributed by atoms with E-state index in [2.05, 4.69) is 40.5 Å². The molecule has 1 aromatic heterocycles. The van der Waals surface area contributed by atoms with E-state index in [9.17, 15) is 9.59 Å². The van der Waals surface area contributed by atoms with E-state index >= 15 is 0 Å². The van der Waals surface area contributed by atoms with Crippen molar-refractivity contribution in [2.24, 2.45) is 5.41 Å². The van der Waals surface area contributed by atoms with Crippen molar-refractivity contribution >= 4 is 39.1 Å². The highest BCUT2D eigenvalue weighted by Gasteiger charge is 2.34. The van der Waals surface area contributed by atoms with Gasteiger partial charge in [-0.2, -0.15) is 0 Å². The Balaban J connectivity index is 1.23. The number of ether oxygens (including phenoxy) is 1. The van der Waals surface area contributed by atoms with Crippen LogP contribution in [0.5, 0.6) is 5.75 Å². The van der Waals surface area contributed by atoms with Gasteiger partial charge in [-0.15, -0.1) is 11.3 Å². The zero-order chi connectivity index (χ0) is 26.9. The van der Waals surface area contributed by atoms with E-state index in [1.165, 1.54) is 27.7 Å². The lowest BCUT2D eigenvalue weighted by atomic mass is 9.89. The molecule has 1 atom stereocenters. The van der Waals surface area contributed by atoms with Gasteiger partial charge >= 0.3 is 0 Å². The van der Waals surface area contributed by atoms with Gasteiger partial charge < -0.3 is 15.0 Å². The molecule has 5 rings (SSSR count). The lowest BCUT2D eigenvalue weighted by molar-refractivity contribution is -0.135. The molecule has 38 heavy (non-hydrogen) atoms. The van der Waals surface area contributed by atoms with Crippen LogP contribution in [0.15, 0.2) is 36.4 Å². The van der Waals surface area contributed by atoms with E-state index in [0.717, 1.165) is 55.2 Å². The predicted octanol–water partition coefficient (Wildman–Crippen LogP) is 5.44. The highest BCUT2D eigenvalue weighted by atomic mass is 32.1. The number of carbonyl (C=O) groups excluding carboxylic acids is 2. The molecule has 0 spiro atoms.